The highest BCUT2D eigenvalue weighted by Crippen LogP contribution is 2.29. The van der Waals surface area contributed by atoms with Gasteiger partial charge < -0.3 is 25.2 Å². The van der Waals surface area contributed by atoms with Crippen molar-refractivity contribution in [2.45, 2.75) is 6.10 Å². The lowest BCUT2D eigenvalue weighted by Gasteiger charge is -2.12. The van der Waals surface area contributed by atoms with E-state index in [4.69, 9.17) is 9.47 Å². The molecule has 3 N–H and O–H groups in total. The molecule has 1 unspecified atom stereocenters. The lowest BCUT2D eigenvalue weighted by Crippen LogP contribution is -2.37. The first-order chi connectivity index (χ1) is 11.5. The van der Waals surface area contributed by atoms with Crippen LogP contribution in [-0.4, -0.2) is 37.7 Å². The van der Waals surface area contributed by atoms with Gasteiger partial charge in [-0.25, -0.2) is 0 Å². The number of ether oxygens (including phenoxy) is 2. The van der Waals surface area contributed by atoms with Crippen LogP contribution < -0.4 is 20.1 Å². The maximum atomic E-state index is 11.9. The average molecular weight is 350 g/mol. The third-order valence-electron chi connectivity index (χ3n) is 3.23. The van der Waals surface area contributed by atoms with Gasteiger partial charge in [0.15, 0.2) is 11.5 Å². The van der Waals surface area contributed by atoms with E-state index in [1.807, 2.05) is 5.38 Å². The number of benzene rings is 1. The highest BCUT2D eigenvalue weighted by atomic mass is 32.1. The first kappa shape index (κ1) is 17.8. The summed E-state index contributed by atoms with van der Waals surface area (Å²) in [5.74, 6) is -0.721. The van der Waals surface area contributed by atoms with E-state index in [-0.39, 0.29) is 6.54 Å². The Labute approximate surface area is 143 Å². The van der Waals surface area contributed by atoms with Crippen molar-refractivity contribution in [2.24, 2.45) is 0 Å². The fourth-order valence-corrected chi connectivity index (χ4v) is 2.66. The molecule has 0 radical (unpaired) electrons. The normalized spacial score (nSPS) is 11.5. The minimum absolute atomic E-state index is 0.0467. The van der Waals surface area contributed by atoms with Crippen LogP contribution in [0.15, 0.2) is 35.0 Å². The molecule has 0 bridgehead atoms. The van der Waals surface area contributed by atoms with Gasteiger partial charge in [0.05, 0.1) is 20.3 Å². The van der Waals surface area contributed by atoms with E-state index in [1.54, 1.807) is 29.6 Å². The highest BCUT2D eigenvalue weighted by Gasteiger charge is 2.17. The lowest BCUT2D eigenvalue weighted by atomic mass is 10.2. The summed E-state index contributed by atoms with van der Waals surface area (Å²) in [6.45, 7) is -0.0467. The first-order valence-corrected chi connectivity index (χ1v) is 8.00. The quantitative estimate of drug-likeness (QED) is 0.687. The summed E-state index contributed by atoms with van der Waals surface area (Å²) in [6.07, 6.45) is -0.853. The first-order valence-electron chi connectivity index (χ1n) is 7.06. The van der Waals surface area contributed by atoms with Crippen molar-refractivity contribution in [3.63, 3.8) is 0 Å². The summed E-state index contributed by atoms with van der Waals surface area (Å²) in [7, 11) is 2.98. The molecule has 2 rings (SSSR count). The molecule has 128 valence electrons. The van der Waals surface area contributed by atoms with E-state index in [0.717, 1.165) is 0 Å². The molecule has 8 heteroatoms. The Balaban J connectivity index is 1.90. The van der Waals surface area contributed by atoms with Gasteiger partial charge in [-0.2, -0.15) is 11.3 Å². The van der Waals surface area contributed by atoms with Crippen molar-refractivity contribution in [3.05, 3.63) is 40.6 Å². The molecule has 2 aromatic rings. The number of rotatable bonds is 6. The van der Waals surface area contributed by atoms with Crippen LogP contribution in [0, 0.1) is 0 Å². The molecule has 0 aliphatic rings. The van der Waals surface area contributed by atoms with Crippen LogP contribution in [0.3, 0.4) is 0 Å². The number of hydrogen-bond acceptors (Lipinski definition) is 6. The zero-order valence-corrected chi connectivity index (χ0v) is 14.1. The van der Waals surface area contributed by atoms with Crippen LogP contribution in [0.2, 0.25) is 0 Å². The molecular weight excluding hydrogens is 332 g/mol. The fourth-order valence-electron chi connectivity index (χ4n) is 1.95. The largest absolute Gasteiger partial charge is 0.493 e. The van der Waals surface area contributed by atoms with E-state index in [0.29, 0.717) is 22.7 Å². The number of carbonyl (C=O) groups excluding carboxylic acids is 2. The zero-order chi connectivity index (χ0) is 17.5. The van der Waals surface area contributed by atoms with E-state index < -0.39 is 17.9 Å². The van der Waals surface area contributed by atoms with Crippen LogP contribution in [0.5, 0.6) is 11.5 Å². The molecule has 0 aliphatic carbocycles. The maximum absolute atomic E-state index is 11.9. The third kappa shape index (κ3) is 4.46. The smallest absolute Gasteiger partial charge is 0.313 e. The minimum atomic E-state index is -0.853. The molecular formula is C16H18N2O5S. The number of amides is 2. The summed E-state index contributed by atoms with van der Waals surface area (Å²) in [6, 6.07) is 6.51. The van der Waals surface area contributed by atoms with Gasteiger partial charge in [-0.15, -0.1) is 0 Å². The summed E-state index contributed by atoms with van der Waals surface area (Å²) in [5.41, 5.74) is 1.09. The predicted octanol–water partition coefficient (Wildman–Crippen LogP) is 1.55. The molecule has 1 atom stereocenters. The second kappa shape index (κ2) is 8.32. The number of aliphatic hydroxyl groups is 1. The number of hydrogen-bond donors (Lipinski definition) is 3. The molecule has 2 amide bonds. The number of nitrogens with one attached hydrogen (secondary N) is 2. The standard InChI is InChI=1S/C16H18N2O5S/c1-22-13-4-3-11(7-14(13)23-2)18-16(21)15(20)17-8-12(19)10-5-6-24-9-10/h3-7,9,12,19H,8H2,1-2H3,(H,17,20)(H,18,21). The topological polar surface area (TPSA) is 96.9 Å². The van der Waals surface area contributed by atoms with Crippen LogP contribution in [0.1, 0.15) is 11.7 Å². The molecule has 0 fully saturated rings. The molecule has 0 spiro atoms. The Morgan fingerprint density at radius 2 is 1.92 bits per heavy atom. The Hall–Kier alpha value is -2.58. The molecule has 7 nitrogen and oxygen atoms in total. The highest BCUT2D eigenvalue weighted by molar-refractivity contribution is 7.07. The van der Waals surface area contributed by atoms with Crippen LogP contribution in [0.4, 0.5) is 5.69 Å². The Bertz CT molecular complexity index is 702. The molecule has 24 heavy (non-hydrogen) atoms. The molecule has 1 heterocycles. The molecule has 1 aromatic carbocycles. The van der Waals surface area contributed by atoms with Gasteiger partial charge >= 0.3 is 11.8 Å². The zero-order valence-electron chi connectivity index (χ0n) is 13.2. The van der Waals surface area contributed by atoms with E-state index >= 15 is 0 Å². The van der Waals surface area contributed by atoms with Gasteiger partial charge in [0.2, 0.25) is 0 Å². The second-order valence-electron chi connectivity index (χ2n) is 4.81. The molecule has 0 aliphatic heterocycles. The van der Waals surface area contributed by atoms with Crippen molar-refractivity contribution < 1.29 is 24.2 Å². The van der Waals surface area contributed by atoms with E-state index in [2.05, 4.69) is 10.6 Å². The summed E-state index contributed by atoms with van der Waals surface area (Å²) in [5, 5.41) is 18.3. The van der Waals surface area contributed by atoms with Crippen molar-refractivity contribution >= 4 is 28.8 Å². The van der Waals surface area contributed by atoms with Crippen LogP contribution in [-0.2, 0) is 9.59 Å². The van der Waals surface area contributed by atoms with Gasteiger partial charge in [0, 0.05) is 18.3 Å². The van der Waals surface area contributed by atoms with Crippen molar-refractivity contribution in [1.29, 1.82) is 0 Å². The number of anilines is 1. The van der Waals surface area contributed by atoms with Crippen LogP contribution in [0.25, 0.3) is 0 Å². The Morgan fingerprint density at radius 3 is 2.54 bits per heavy atom. The lowest BCUT2D eigenvalue weighted by molar-refractivity contribution is -0.136. The second-order valence-corrected chi connectivity index (χ2v) is 5.59. The van der Waals surface area contributed by atoms with E-state index in [1.165, 1.54) is 25.6 Å². The minimum Gasteiger partial charge on any atom is -0.493 e. The van der Waals surface area contributed by atoms with Crippen LogP contribution >= 0.6 is 11.3 Å². The Kier molecular flexibility index (Phi) is 6.16. The van der Waals surface area contributed by atoms with Crippen molar-refractivity contribution in [3.8, 4) is 11.5 Å². The number of carbonyl (C=O) groups is 2. The van der Waals surface area contributed by atoms with Gasteiger partial charge in [-0.05, 0) is 34.5 Å². The fraction of sp³-hybridized carbons (Fsp3) is 0.250. The van der Waals surface area contributed by atoms with Gasteiger partial charge in [-0.1, -0.05) is 0 Å². The summed E-state index contributed by atoms with van der Waals surface area (Å²) in [4.78, 5) is 23.7. The van der Waals surface area contributed by atoms with E-state index in [9.17, 15) is 14.7 Å². The SMILES string of the molecule is COc1ccc(NC(=O)C(=O)NCC(O)c2ccsc2)cc1OC. The maximum Gasteiger partial charge on any atom is 0.313 e. The third-order valence-corrected chi connectivity index (χ3v) is 3.93. The Morgan fingerprint density at radius 1 is 1.17 bits per heavy atom. The number of thiophene rings is 1. The van der Waals surface area contributed by atoms with Gasteiger partial charge in [0.1, 0.15) is 0 Å². The number of aliphatic hydroxyl groups excluding tert-OH is 1. The summed E-state index contributed by atoms with van der Waals surface area (Å²) >= 11 is 1.44. The number of methoxy groups -OCH3 is 2. The molecule has 0 saturated heterocycles. The van der Waals surface area contributed by atoms with Gasteiger partial charge in [0.25, 0.3) is 0 Å². The van der Waals surface area contributed by atoms with Crippen molar-refractivity contribution in [1.82, 2.24) is 5.32 Å². The molecule has 0 saturated carbocycles. The average Bonchev–Trinajstić information content (AvgIpc) is 3.13. The summed E-state index contributed by atoms with van der Waals surface area (Å²) < 4.78 is 10.2. The monoisotopic (exact) mass is 350 g/mol. The molecule has 1 aromatic heterocycles. The van der Waals surface area contributed by atoms with Crippen molar-refractivity contribution in [2.75, 3.05) is 26.1 Å². The predicted molar refractivity (Wildman–Crippen MR) is 90.5 cm³/mol. The van der Waals surface area contributed by atoms with Gasteiger partial charge in [-0.3, -0.25) is 9.59 Å².